The predicted octanol–water partition coefficient (Wildman–Crippen LogP) is 2.95. The van der Waals surface area contributed by atoms with Crippen LogP contribution in [0, 0.1) is 17.6 Å². The van der Waals surface area contributed by atoms with Crippen LogP contribution < -0.4 is 9.47 Å². The molecule has 110 valence electrons. The molecule has 20 heavy (non-hydrogen) atoms. The van der Waals surface area contributed by atoms with Gasteiger partial charge in [0, 0.05) is 17.5 Å². The third-order valence-electron chi connectivity index (χ3n) is 3.55. The summed E-state index contributed by atoms with van der Waals surface area (Å²) in [7, 11) is 2.64. The molecule has 1 aromatic carbocycles. The molecule has 0 spiro atoms. The molecule has 1 fully saturated rings. The highest BCUT2D eigenvalue weighted by molar-refractivity contribution is 5.69. The van der Waals surface area contributed by atoms with Gasteiger partial charge >= 0.3 is 5.97 Å². The summed E-state index contributed by atoms with van der Waals surface area (Å²) in [4.78, 5) is 11.0. The average molecular weight is 286 g/mol. The van der Waals surface area contributed by atoms with E-state index in [-0.39, 0.29) is 29.4 Å². The topological polar surface area (TPSA) is 55.8 Å². The number of rotatable bonds is 6. The van der Waals surface area contributed by atoms with Crippen LogP contribution in [0.2, 0.25) is 0 Å². The predicted molar refractivity (Wildman–Crippen MR) is 67.2 cm³/mol. The summed E-state index contributed by atoms with van der Waals surface area (Å²) < 4.78 is 37.9. The molecular weight excluding hydrogens is 270 g/mol. The molecule has 0 amide bonds. The Balaban J connectivity index is 2.56. The molecule has 1 aliphatic carbocycles. The zero-order valence-corrected chi connectivity index (χ0v) is 11.3. The molecule has 1 aromatic rings. The summed E-state index contributed by atoms with van der Waals surface area (Å²) in [6, 6.07) is 0.905. The molecule has 1 saturated carbocycles. The van der Waals surface area contributed by atoms with Crippen LogP contribution in [0.4, 0.5) is 8.78 Å². The normalized spacial score (nSPS) is 15.8. The van der Waals surface area contributed by atoms with E-state index in [0.29, 0.717) is 0 Å². The number of aliphatic carboxylic acids is 1. The van der Waals surface area contributed by atoms with E-state index in [1.165, 1.54) is 14.2 Å². The first-order chi connectivity index (χ1) is 9.49. The summed E-state index contributed by atoms with van der Waals surface area (Å²) in [5, 5.41) is 8.98. The van der Waals surface area contributed by atoms with E-state index >= 15 is 0 Å². The Labute approximate surface area is 115 Å². The zero-order valence-electron chi connectivity index (χ0n) is 11.3. The quantitative estimate of drug-likeness (QED) is 0.873. The largest absolute Gasteiger partial charge is 0.493 e. The van der Waals surface area contributed by atoms with Gasteiger partial charge in [-0.1, -0.05) is 0 Å². The van der Waals surface area contributed by atoms with Gasteiger partial charge in [0.15, 0.2) is 23.1 Å². The first kappa shape index (κ1) is 14.6. The van der Waals surface area contributed by atoms with E-state index in [0.717, 1.165) is 18.9 Å². The zero-order chi connectivity index (χ0) is 14.9. The molecular formula is C14H16F2O4. The van der Waals surface area contributed by atoms with Crippen molar-refractivity contribution < 1.29 is 28.2 Å². The highest BCUT2D eigenvalue weighted by atomic mass is 19.2. The Hall–Kier alpha value is -1.85. The lowest BCUT2D eigenvalue weighted by Crippen LogP contribution is -2.13. The molecule has 1 N–H and O–H groups in total. The van der Waals surface area contributed by atoms with E-state index in [4.69, 9.17) is 14.6 Å². The number of ether oxygens (including phenoxy) is 2. The van der Waals surface area contributed by atoms with Crippen LogP contribution in [0.1, 0.15) is 30.7 Å². The number of hydrogen-bond acceptors (Lipinski definition) is 3. The molecule has 0 saturated heterocycles. The minimum absolute atomic E-state index is 0.0331. The van der Waals surface area contributed by atoms with Crippen molar-refractivity contribution >= 4 is 5.97 Å². The van der Waals surface area contributed by atoms with Crippen molar-refractivity contribution in [3.05, 3.63) is 23.3 Å². The van der Waals surface area contributed by atoms with Crippen LogP contribution in [0.3, 0.4) is 0 Å². The Morgan fingerprint density at radius 2 is 2.05 bits per heavy atom. The number of methoxy groups -OCH3 is 2. The van der Waals surface area contributed by atoms with Crippen LogP contribution in [-0.4, -0.2) is 25.3 Å². The number of carboxylic acid groups (broad SMARTS) is 1. The van der Waals surface area contributed by atoms with Crippen molar-refractivity contribution in [2.75, 3.05) is 14.2 Å². The smallest absolute Gasteiger partial charge is 0.303 e. The lowest BCUT2D eigenvalue weighted by Gasteiger charge is -2.20. The molecule has 1 atom stereocenters. The van der Waals surface area contributed by atoms with Gasteiger partial charge in [0.2, 0.25) is 0 Å². The van der Waals surface area contributed by atoms with Gasteiger partial charge < -0.3 is 14.6 Å². The second kappa shape index (κ2) is 5.64. The highest BCUT2D eigenvalue weighted by Gasteiger charge is 2.38. The Kier molecular flexibility index (Phi) is 4.11. The third-order valence-corrected chi connectivity index (χ3v) is 3.55. The van der Waals surface area contributed by atoms with Gasteiger partial charge in [0.25, 0.3) is 0 Å². The number of carbonyl (C=O) groups is 1. The van der Waals surface area contributed by atoms with Crippen LogP contribution in [0.5, 0.6) is 11.5 Å². The minimum atomic E-state index is -1.06. The van der Waals surface area contributed by atoms with Crippen LogP contribution in [0.25, 0.3) is 0 Å². The number of halogens is 2. The molecule has 1 aliphatic rings. The van der Waals surface area contributed by atoms with Crippen molar-refractivity contribution in [1.82, 2.24) is 0 Å². The summed E-state index contributed by atoms with van der Waals surface area (Å²) in [5.74, 6) is -3.59. The standard InChI is InChI=1S/C14H16F2O4/c1-19-10-6-9(15)13(16)12(14(10)20-2)8(5-11(17)18)7-3-4-7/h6-8H,3-5H2,1-2H3,(H,17,18). The molecule has 0 aliphatic heterocycles. The maximum absolute atomic E-state index is 14.2. The fourth-order valence-electron chi connectivity index (χ4n) is 2.49. The molecule has 0 bridgehead atoms. The Morgan fingerprint density at radius 1 is 1.40 bits per heavy atom. The number of benzene rings is 1. The minimum Gasteiger partial charge on any atom is -0.493 e. The Morgan fingerprint density at radius 3 is 2.50 bits per heavy atom. The summed E-state index contributed by atoms with van der Waals surface area (Å²) in [6.07, 6.45) is 1.35. The molecule has 0 heterocycles. The third kappa shape index (κ3) is 2.69. The van der Waals surface area contributed by atoms with Gasteiger partial charge in [-0.25, -0.2) is 8.78 Å². The van der Waals surface area contributed by atoms with E-state index in [1.807, 2.05) is 0 Å². The van der Waals surface area contributed by atoms with Gasteiger partial charge in [-0.3, -0.25) is 4.79 Å². The number of carboxylic acids is 1. The van der Waals surface area contributed by atoms with Gasteiger partial charge in [-0.15, -0.1) is 0 Å². The number of hydrogen-bond donors (Lipinski definition) is 1. The van der Waals surface area contributed by atoms with Crippen molar-refractivity contribution in [3.8, 4) is 11.5 Å². The van der Waals surface area contributed by atoms with Gasteiger partial charge in [0.1, 0.15) is 0 Å². The molecule has 6 heteroatoms. The molecule has 0 aromatic heterocycles. The van der Waals surface area contributed by atoms with Gasteiger partial charge in [-0.05, 0) is 18.8 Å². The van der Waals surface area contributed by atoms with Gasteiger partial charge in [-0.2, -0.15) is 0 Å². The maximum Gasteiger partial charge on any atom is 0.303 e. The second-order valence-electron chi connectivity index (χ2n) is 4.86. The molecule has 0 radical (unpaired) electrons. The summed E-state index contributed by atoms with van der Waals surface area (Å²) in [5.41, 5.74) is -0.0331. The van der Waals surface area contributed by atoms with Gasteiger partial charge in [0.05, 0.1) is 20.6 Å². The average Bonchev–Trinajstić information content (AvgIpc) is 3.22. The molecule has 1 unspecified atom stereocenters. The van der Waals surface area contributed by atoms with Crippen LogP contribution >= 0.6 is 0 Å². The summed E-state index contributed by atoms with van der Waals surface area (Å²) in [6.45, 7) is 0. The first-order valence-electron chi connectivity index (χ1n) is 6.31. The molecule has 2 rings (SSSR count). The van der Waals surface area contributed by atoms with Crippen LogP contribution in [-0.2, 0) is 4.79 Å². The Bertz CT molecular complexity index is 526. The highest BCUT2D eigenvalue weighted by Crippen LogP contribution is 2.50. The SMILES string of the molecule is COc1cc(F)c(F)c(C(CC(=O)O)C2CC2)c1OC. The van der Waals surface area contributed by atoms with Crippen molar-refractivity contribution in [2.24, 2.45) is 5.92 Å². The summed E-state index contributed by atoms with van der Waals surface area (Å²) >= 11 is 0. The fourth-order valence-corrected chi connectivity index (χ4v) is 2.49. The maximum atomic E-state index is 14.2. The fraction of sp³-hybridized carbons (Fsp3) is 0.500. The van der Waals surface area contributed by atoms with E-state index < -0.39 is 23.5 Å². The van der Waals surface area contributed by atoms with Crippen molar-refractivity contribution in [2.45, 2.75) is 25.2 Å². The lowest BCUT2D eigenvalue weighted by molar-refractivity contribution is -0.137. The lowest BCUT2D eigenvalue weighted by atomic mass is 9.89. The van der Waals surface area contributed by atoms with E-state index in [9.17, 15) is 13.6 Å². The molecule has 4 nitrogen and oxygen atoms in total. The monoisotopic (exact) mass is 286 g/mol. The van der Waals surface area contributed by atoms with E-state index in [2.05, 4.69) is 0 Å². The van der Waals surface area contributed by atoms with Crippen molar-refractivity contribution in [3.63, 3.8) is 0 Å². The second-order valence-corrected chi connectivity index (χ2v) is 4.86. The van der Waals surface area contributed by atoms with Crippen LogP contribution in [0.15, 0.2) is 6.07 Å². The van der Waals surface area contributed by atoms with E-state index in [1.54, 1.807) is 0 Å². The van der Waals surface area contributed by atoms with Crippen molar-refractivity contribution in [1.29, 1.82) is 0 Å². The first-order valence-corrected chi connectivity index (χ1v) is 6.31.